The van der Waals surface area contributed by atoms with Crippen molar-refractivity contribution in [1.82, 2.24) is 5.32 Å². The van der Waals surface area contributed by atoms with Crippen molar-refractivity contribution in [3.8, 4) is 11.5 Å². The monoisotopic (exact) mass is 327 g/mol. The molecule has 1 aromatic carbocycles. The maximum Gasteiger partial charge on any atom is 0.170 e. The summed E-state index contributed by atoms with van der Waals surface area (Å²) in [4.78, 5) is 12.6. The topological polar surface area (TPSA) is 47.6 Å². The molecule has 0 atom stereocenters. The van der Waals surface area contributed by atoms with Gasteiger partial charge in [0.2, 0.25) is 0 Å². The predicted molar refractivity (Wildman–Crippen MR) is 77.2 cm³/mol. The zero-order valence-corrected chi connectivity index (χ0v) is 12.7. The van der Waals surface area contributed by atoms with Crippen LogP contribution in [-0.2, 0) is 0 Å². The Bertz CT molecular complexity index is 470. The number of rotatable bonds is 4. The summed E-state index contributed by atoms with van der Waals surface area (Å²) in [5.41, 5.74) is 0.621. The van der Waals surface area contributed by atoms with Gasteiger partial charge in [-0.2, -0.15) is 0 Å². The minimum absolute atomic E-state index is 0.0693. The molecule has 4 nitrogen and oxygen atoms in total. The highest BCUT2D eigenvalue weighted by molar-refractivity contribution is 9.10. The molecule has 0 aliphatic carbocycles. The number of ether oxygens (including phenoxy) is 2. The van der Waals surface area contributed by atoms with Gasteiger partial charge in [0.15, 0.2) is 5.78 Å². The van der Waals surface area contributed by atoms with Gasteiger partial charge in [-0.3, -0.25) is 4.79 Å². The first-order valence-electron chi connectivity index (χ1n) is 6.33. The van der Waals surface area contributed by atoms with Gasteiger partial charge in [0.1, 0.15) is 11.5 Å². The fourth-order valence-corrected chi connectivity index (χ4v) is 2.98. The minimum atomic E-state index is 0.0693. The summed E-state index contributed by atoms with van der Waals surface area (Å²) in [5, 5.41) is 3.27. The van der Waals surface area contributed by atoms with E-state index in [1.54, 1.807) is 26.4 Å². The zero-order chi connectivity index (χ0) is 13.8. The number of halogens is 1. The molecular formula is C14H18BrNO3. The summed E-state index contributed by atoms with van der Waals surface area (Å²) in [6, 6.07) is 3.55. The van der Waals surface area contributed by atoms with Gasteiger partial charge < -0.3 is 14.8 Å². The van der Waals surface area contributed by atoms with Crippen molar-refractivity contribution in [3.05, 3.63) is 22.2 Å². The second kappa shape index (κ2) is 6.39. The lowest BCUT2D eigenvalue weighted by Crippen LogP contribution is -2.32. The number of carbonyl (C=O) groups is 1. The van der Waals surface area contributed by atoms with Crippen LogP contribution in [0.15, 0.2) is 16.6 Å². The molecule has 1 aliphatic heterocycles. The number of hydrogen-bond donors (Lipinski definition) is 1. The van der Waals surface area contributed by atoms with Crippen LogP contribution in [-0.4, -0.2) is 33.1 Å². The quantitative estimate of drug-likeness (QED) is 0.864. The smallest absolute Gasteiger partial charge is 0.170 e. The number of Topliss-reactive ketones (excluding diaryl/α,β-unsaturated/α-hetero) is 1. The summed E-state index contributed by atoms with van der Waals surface area (Å²) in [6.45, 7) is 1.79. The Morgan fingerprint density at radius 1 is 1.26 bits per heavy atom. The second-order valence-corrected chi connectivity index (χ2v) is 5.43. The summed E-state index contributed by atoms with van der Waals surface area (Å²) in [7, 11) is 3.16. The summed E-state index contributed by atoms with van der Waals surface area (Å²) < 4.78 is 11.2. The van der Waals surface area contributed by atoms with Crippen LogP contribution in [0.5, 0.6) is 11.5 Å². The number of ketones is 1. The van der Waals surface area contributed by atoms with Crippen molar-refractivity contribution in [2.24, 2.45) is 5.92 Å². The molecule has 0 saturated carbocycles. The van der Waals surface area contributed by atoms with E-state index in [1.165, 1.54) is 0 Å². The number of carbonyl (C=O) groups excluding carboxylic acids is 1. The third kappa shape index (κ3) is 3.09. The van der Waals surface area contributed by atoms with Crippen LogP contribution >= 0.6 is 15.9 Å². The lowest BCUT2D eigenvalue weighted by Gasteiger charge is -2.23. The number of piperidine rings is 1. The van der Waals surface area contributed by atoms with Crippen molar-refractivity contribution >= 4 is 21.7 Å². The van der Waals surface area contributed by atoms with E-state index in [0.29, 0.717) is 17.1 Å². The molecule has 1 heterocycles. The van der Waals surface area contributed by atoms with E-state index in [1.807, 2.05) is 0 Å². The van der Waals surface area contributed by atoms with E-state index in [0.717, 1.165) is 30.4 Å². The summed E-state index contributed by atoms with van der Waals surface area (Å²) in [6.07, 6.45) is 1.75. The number of hydrogen-bond acceptors (Lipinski definition) is 4. The van der Waals surface area contributed by atoms with Gasteiger partial charge in [-0.1, -0.05) is 0 Å². The predicted octanol–water partition coefficient (Wildman–Crippen LogP) is 2.65. The molecule has 2 rings (SSSR count). The van der Waals surface area contributed by atoms with Crippen molar-refractivity contribution in [2.75, 3.05) is 27.3 Å². The van der Waals surface area contributed by atoms with Crippen molar-refractivity contribution in [1.29, 1.82) is 0 Å². The molecule has 5 heteroatoms. The van der Waals surface area contributed by atoms with Gasteiger partial charge >= 0.3 is 0 Å². The summed E-state index contributed by atoms with van der Waals surface area (Å²) >= 11 is 3.45. The van der Waals surface area contributed by atoms with Crippen LogP contribution < -0.4 is 14.8 Å². The standard InChI is InChI=1S/C14H18BrNO3/c1-18-10-7-11(15)13(12(8-10)19-2)14(17)9-3-5-16-6-4-9/h7-9,16H,3-6H2,1-2H3. The molecule has 19 heavy (non-hydrogen) atoms. The highest BCUT2D eigenvalue weighted by atomic mass is 79.9. The third-order valence-electron chi connectivity index (χ3n) is 3.44. The van der Waals surface area contributed by atoms with Gasteiger partial charge in [-0.25, -0.2) is 0 Å². The first-order valence-corrected chi connectivity index (χ1v) is 7.13. The minimum Gasteiger partial charge on any atom is -0.497 e. The average Bonchev–Trinajstić information content (AvgIpc) is 2.46. The molecule has 1 aliphatic rings. The second-order valence-electron chi connectivity index (χ2n) is 4.58. The number of benzene rings is 1. The van der Waals surface area contributed by atoms with E-state index in [4.69, 9.17) is 9.47 Å². The van der Waals surface area contributed by atoms with Crippen LogP contribution in [0.3, 0.4) is 0 Å². The Balaban J connectivity index is 2.34. The molecule has 1 N–H and O–H groups in total. The van der Waals surface area contributed by atoms with Crippen LogP contribution in [0.2, 0.25) is 0 Å². The SMILES string of the molecule is COc1cc(Br)c(C(=O)C2CCNCC2)c(OC)c1. The van der Waals surface area contributed by atoms with E-state index in [9.17, 15) is 4.79 Å². The Morgan fingerprint density at radius 2 is 1.95 bits per heavy atom. The third-order valence-corrected chi connectivity index (χ3v) is 4.06. The number of methoxy groups -OCH3 is 2. The van der Waals surface area contributed by atoms with Crippen molar-refractivity contribution in [2.45, 2.75) is 12.8 Å². The van der Waals surface area contributed by atoms with E-state index in [2.05, 4.69) is 21.2 Å². The highest BCUT2D eigenvalue weighted by Gasteiger charge is 2.27. The lowest BCUT2D eigenvalue weighted by molar-refractivity contribution is 0.0891. The Labute approximate surface area is 121 Å². The molecule has 0 aromatic heterocycles. The van der Waals surface area contributed by atoms with Crippen LogP contribution in [0, 0.1) is 5.92 Å². The maximum absolute atomic E-state index is 12.6. The van der Waals surface area contributed by atoms with E-state index in [-0.39, 0.29) is 11.7 Å². The van der Waals surface area contributed by atoms with Crippen LogP contribution in [0.25, 0.3) is 0 Å². The normalized spacial score (nSPS) is 16.2. The first-order chi connectivity index (χ1) is 9.17. The van der Waals surface area contributed by atoms with Gasteiger partial charge in [-0.15, -0.1) is 0 Å². The Morgan fingerprint density at radius 3 is 2.53 bits per heavy atom. The molecular weight excluding hydrogens is 310 g/mol. The van der Waals surface area contributed by atoms with Gasteiger partial charge in [0.05, 0.1) is 19.8 Å². The van der Waals surface area contributed by atoms with Gasteiger partial charge in [0, 0.05) is 16.5 Å². The molecule has 104 valence electrons. The largest absolute Gasteiger partial charge is 0.497 e. The maximum atomic E-state index is 12.6. The number of nitrogens with one attached hydrogen (secondary N) is 1. The molecule has 1 aromatic rings. The molecule has 0 spiro atoms. The van der Waals surface area contributed by atoms with Crippen LogP contribution in [0.1, 0.15) is 23.2 Å². The van der Waals surface area contributed by atoms with Gasteiger partial charge in [-0.05, 0) is 47.9 Å². The fourth-order valence-electron chi connectivity index (χ4n) is 2.36. The molecule has 0 bridgehead atoms. The highest BCUT2D eigenvalue weighted by Crippen LogP contribution is 2.35. The zero-order valence-electron chi connectivity index (χ0n) is 11.2. The molecule has 0 amide bonds. The Hall–Kier alpha value is -1.07. The van der Waals surface area contributed by atoms with E-state index < -0.39 is 0 Å². The van der Waals surface area contributed by atoms with Crippen molar-refractivity contribution in [3.63, 3.8) is 0 Å². The van der Waals surface area contributed by atoms with Crippen molar-refractivity contribution < 1.29 is 14.3 Å². The summed E-state index contributed by atoms with van der Waals surface area (Å²) in [5.74, 6) is 1.45. The van der Waals surface area contributed by atoms with E-state index >= 15 is 0 Å². The van der Waals surface area contributed by atoms with Crippen LogP contribution in [0.4, 0.5) is 0 Å². The lowest BCUT2D eigenvalue weighted by atomic mass is 9.89. The first kappa shape index (κ1) is 14.3. The average molecular weight is 328 g/mol. The molecule has 1 saturated heterocycles. The Kier molecular flexibility index (Phi) is 4.82. The fraction of sp³-hybridized carbons (Fsp3) is 0.500. The molecule has 0 unspecified atom stereocenters. The van der Waals surface area contributed by atoms with Gasteiger partial charge in [0.25, 0.3) is 0 Å². The molecule has 0 radical (unpaired) electrons. The molecule has 1 fully saturated rings.